The van der Waals surface area contributed by atoms with Gasteiger partial charge >= 0.3 is 6.03 Å². The van der Waals surface area contributed by atoms with Crippen LogP contribution in [0.15, 0.2) is 12.1 Å². The molecule has 3 rings (SSSR count). The Morgan fingerprint density at radius 1 is 1.08 bits per heavy atom. The molecule has 7 heteroatoms. The maximum absolute atomic E-state index is 12.7. The van der Waals surface area contributed by atoms with Crippen molar-refractivity contribution in [1.29, 1.82) is 0 Å². The van der Waals surface area contributed by atoms with Gasteiger partial charge in [-0.05, 0) is 38.8 Å². The third-order valence-corrected chi connectivity index (χ3v) is 4.84. The summed E-state index contributed by atoms with van der Waals surface area (Å²) in [5, 5.41) is 0. The van der Waals surface area contributed by atoms with Gasteiger partial charge in [0.25, 0.3) is 0 Å². The number of aromatic nitrogens is 1. The molecule has 24 heavy (non-hydrogen) atoms. The molecule has 0 bridgehead atoms. The Morgan fingerprint density at radius 3 is 2.29 bits per heavy atom. The summed E-state index contributed by atoms with van der Waals surface area (Å²) < 4.78 is 0. The smallest absolute Gasteiger partial charge is 0.315 e. The van der Waals surface area contributed by atoms with Crippen molar-refractivity contribution in [3.05, 3.63) is 23.5 Å². The monoisotopic (exact) mass is 331 g/mol. The second kappa shape index (κ2) is 6.67. The lowest BCUT2D eigenvalue weighted by molar-refractivity contribution is -0.135. The summed E-state index contributed by atoms with van der Waals surface area (Å²) in [4.78, 5) is 34.2. The van der Waals surface area contributed by atoms with E-state index in [2.05, 4.69) is 22.0 Å². The molecule has 0 spiro atoms. The summed E-state index contributed by atoms with van der Waals surface area (Å²) in [7, 11) is 0. The van der Waals surface area contributed by atoms with Gasteiger partial charge in [-0.25, -0.2) is 4.79 Å². The van der Waals surface area contributed by atoms with Crippen LogP contribution in [0.5, 0.6) is 0 Å². The van der Waals surface area contributed by atoms with Crippen LogP contribution >= 0.6 is 0 Å². The van der Waals surface area contributed by atoms with Gasteiger partial charge < -0.3 is 20.4 Å². The van der Waals surface area contributed by atoms with Crippen molar-refractivity contribution in [2.24, 2.45) is 5.73 Å². The van der Waals surface area contributed by atoms with Crippen LogP contribution in [0, 0.1) is 13.8 Å². The Hall–Kier alpha value is -2.31. The molecule has 2 fully saturated rings. The lowest BCUT2D eigenvalue weighted by Crippen LogP contribution is -2.55. The normalized spacial score (nSPS) is 21.2. The average Bonchev–Trinajstić information content (AvgIpc) is 3.03. The van der Waals surface area contributed by atoms with Crippen molar-refractivity contribution in [1.82, 2.24) is 14.8 Å². The van der Waals surface area contributed by atoms with E-state index in [4.69, 9.17) is 5.73 Å². The van der Waals surface area contributed by atoms with Crippen molar-refractivity contribution in [2.75, 3.05) is 37.6 Å². The molecule has 2 saturated heterocycles. The minimum Gasteiger partial charge on any atom is -0.368 e. The topological polar surface area (TPSA) is 82.8 Å². The van der Waals surface area contributed by atoms with E-state index >= 15 is 0 Å². The average molecular weight is 331 g/mol. The number of primary amides is 1. The van der Waals surface area contributed by atoms with Crippen LogP contribution in [0.4, 0.5) is 10.5 Å². The van der Waals surface area contributed by atoms with Gasteiger partial charge in [0.05, 0.1) is 0 Å². The second-order valence-electron chi connectivity index (χ2n) is 6.61. The molecule has 0 radical (unpaired) electrons. The predicted octanol–water partition coefficient (Wildman–Crippen LogP) is 0.890. The molecule has 1 aromatic rings. The number of nitrogens with two attached hydrogens (primary N) is 1. The lowest BCUT2D eigenvalue weighted by atomic mass is 10.1. The third kappa shape index (κ3) is 3.29. The highest BCUT2D eigenvalue weighted by atomic mass is 16.2. The summed E-state index contributed by atoms with van der Waals surface area (Å²) in [6.45, 7) is 7.49. The maximum atomic E-state index is 12.7. The fraction of sp³-hybridized carbons (Fsp3) is 0.588. The Morgan fingerprint density at radius 2 is 1.71 bits per heavy atom. The van der Waals surface area contributed by atoms with Gasteiger partial charge in [-0.2, -0.15) is 0 Å². The summed E-state index contributed by atoms with van der Waals surface area (Å²) in [6.07, 6.45) is 1.56. The minimum absolute atomic E-state index is 0.0352. The highest BCUT2D eigenvalue weighted by Gasteiger charge is 2.36. The van der Waals surface area contributed by atoms with Crippen LogP contribution in [0.3, 0.4) is 0 Å². The van der Waals surface area contributed by atoms with Gasteiger partial charge in [0.2, 0.25) is 5.91 Å². The van der Waals surface area contributed by atoms with E-state index in [1.807, 2.05) is 18.7 Å². The van der Waals surface area contributed by atoms with Crippen LogP contribution in [-0.2, 0) is 4.79 Å². The molecule has 0 aromatic carbocycles. The first-order chi connectivity index (χ1) is 11.5. The maximum Gasteiger partial charge on any atom is 0.315 e. The number of likely N-dealkylation sites (tertiary alicyclic amines) is 1. The van der Waals surface area contributed by atoms with Crippen LogP contribution in [0.25, 0.3) is 0 Å². The first-order valence-corrected chi connectivity index (χ1v) is 8.51. The molecule has 3 heterocycles. The number of piperazine rings is 1. The molecule has 1 aromatic heterocycles. The van der Waals surface area contributed by atoms with Gasteiger partial charge in [0, 0.05) is 49.8 Å². The molecule has 130 valence electrons. The number of hydrogen-bond donors (Lipinski definition) is 1. The van der Waals surface area contributed by atoms with Crippen LogP contribution < -0.4 is 10.6 Å². The van der Waals surface area contributed by atoms with Crippen molar-refractivity contribution in [3.63, 3.8) is 0 Å². The summed E-state index contributed by atoms with van der Waals surface area (Å²) >= 11 is 0. The van der Waals surface area contributed by atoms with Gasteiger partial charge in [0.1, 0.15) is 6.04 Å². The van der Waals surface area contributed by atoms with Crippen LogP contribution in [0.2, 0.25) is 0 Å². The number of carbonyl (C=O) groups excluding carboxylic acids is 2. The zero-order valence-electron chi connectivity index (χ0n) is 14.4. The largest absolute Gasteiger partial charge is 0.368 e. The summed E-state index contributed by atoms with van der Waals surface area (Å²) in [6, 6.07) is 3.29. The number of nitrogens with zero attached hydrogens (tertiary/aromatic N) is 4. The van der Waals surface area contributed by atoms with E-state index in [1.54, 1.807) is 0 Å². The van der Waals surface area contributed by atoms with Gasteiger partial charge in [-0.3, -0.25) is 9.78 Å². The molecule has 3 amide bonds. The Bertz CT molecular complexity index is 620. The van der Waals surface area contributed by atoms with E-state index in [0.29, 0.717) is 26.1 Å². The fourth-order valence-corrected chi connectivity index (χ4v) is 3.68. The summed E-state index contributed by atoms with van der Waals surface area (Å²) in [5.74, 6) is 0.0352. The highest BCUT2D eigenvalue weighted by molar-refractivity contribution is 5.87. The fourth-order valence-electron chi connectivity index (χ4n) is 3.68. The second-order valence-corrected chi connectivity index (χ2v) is 6.61. The van der Waals surface area contributed by atoms with Crippen molar-refractivity contribution in [3.8, 4) is 0 Å². The number of hydrogen-bond acceptors (Lipinski definition) is 4. The van der Waals surface area contributed by atoms with E-state index in [9.17, 15) is 9.59 Å². The van der Waals surface area contributed by atoms with Crippen molar-refractivity contribution < 1.29 is 9.59 Å². The van der Waals surface area contributed by atoms with Gasteiger partial charge in [-0.1, -0.05) is 0 Å². The molecule has 0 unspecified atom stereocenters. The number of rotatable bonds is 2. The SMILES string of the molecule is Cc1cc(N2CCN(C(=O)[C@@H]3CCCN3C(N)=O)CC2)cc(C)n1. The van der Waals surface area contributed by atoms with Crippen LogP contribution in [-0.4, -0.2) is 65.5 Å². The van der Waals surface area contributed by atoms with Crippen LogP contribution in [0.1, 0.15) is 24.2 Å². The van der Waals surface area contributed by atoms with E-state index in [0.717, 1.165) is 36.6 Å². The number of aryl methyl sites for hydroxylation is 2. The van der Waals surface area contributed by atoms with Crippen molar-refractivity contribution >= 4 is 17.6 Å². The van der Waals surface area contributed by atoms with E-state index in [1.165, 1.54) is 4.90 Å². The molecule has 0 aliphatic carbocycles. The van der Waals surface area contributed by atoms with E-state index in [-0.39, 0.29) is 11.9 Å². The van der Waals surface area contributed by atoms with Gasteiger partial charge in [-0.15, -0.1) is 0 Å². The molecule has 7 nitrogen and oxygen atoms in total. The number of pyridine rings is 1. The summed E-state index contributed by atoms with van der Waals surface area (Å²) in [5.41, 5.74) is 8.56. The molecule has 1 atom stereocenters. The first kappa shape index (κ1) is 16.5. The first-order valence-electron chi connectivity index (χ1n) is 8.51. The lowest BCUT2D eigenvalue weighted by Gasteiger charge is -2.38. The number of carbonyl (C=O) groups is 2. The Kier molecular flexibility index (Phi) is 4.59. The Balaban J connectivity index is 1.62. The highest BCUT2D eigenvalue weighted by Crippen LogP contribution is 2.22. The number of amides is 3. The molecule has 2 aliphatic rings. The van der Waals surface area contributed by atoms with Gasteiger partial charge in [0.15, 0.2) is 0 Å². The molecule has 2 aliphatic heterocycles. The molecular weight excluding hydrogens is 306 g/mol. The zero-order valence-corrected chi connectivity index (χ0v) is 14.4. The molecular formula is C17H25N5O2. The number of anilines is 1. The van der Waals surface area contributed by atoms with Crippen molar-refractivity contribution in [2.45, 2.75) is 32.7 Å². The zero-order chi connectivity index (χ0) is 17.3. The Labute approximate surface area is 142 Å². The minimum atomic E-state index is -0.493. The van der Waals surface area contributed by atoms with E-state index < -0.39 is 6.03 Å². The third-order valence-electron chi connectivity index (χ3n) is 4.84. The number of urea groups is 1. The standard InChI is InChI=1S/C17H25N5O2/c1-12-10-14(11-13(2)19-12)20-6-8-21(9-7-20)16(23)15-4-3-5-22(15)17(18)24/h10-11,15H,3-9H2,1-2H3,(H2,18,24)/t15-/m0/s1. The quantitative estimate of drug-likeness (QED) is 0.872. The molecule has 2 N–H and O–H groups in total. The molecule has 0 saturated carbocycles. The predicted molar refractivity (Wildman–Crippen MR) is 91.8 cm³/mol.